The van der Waals surface area contributed by atoms with Crippen LogP contribution < -0.4 is 5.73 Å². The fourth-order valence-corrected chi connectivity index (χ4v) is 3.61. The van der Waals surface area contributed by atoms with Crippen molar-refractivity contribution in [2.75, 3.05) is 26.8 Å². The van der Waals surface area contributed by atoms with E-state index in [1.165, 1.54) is 0 Å². The molecule has 0 amide bonds. The van der Waals surface area contributed by atoms with Crippen LogP contribution in [0.4, 0.5) is 0 Å². The van der Waals surface area contributed by atoms with E-state index in [1.807, 2.05) is 0 Å². The summed E-state index contributed by atoms with van der Waals surface area (Å²) in [5.41, 5.74) is 6.19. The molecule has 2 N–H and O–H groups in total. The maximum absolute atomic E-state index is 6.14. The van der Waals surface area contributed by atoms with E-state index < -0.39 is 0 Å². The first-order valence-corrected chi connectivity index (χ1v) is 7.10. The summed E-state index contributed by atoms with van der Waals surface area (Å²) in [5.74, 6) is 0. The Kier molecular flexibility index (Phi) is 6.05. The molecule has 0 radical (unpaired) electrons. The summed E-state index contributed by atoms with van der Waals surface area (Å²) in [6.45, 7) is 11.2. The van der Waals surface area contributed by atoms with Crippen LogP contribution in [0.5, 0.6) is 0 Å². The molecule has 0 aromatic carbocycles. The van der Waals surface area contributed by atoms with E-state index in [0.29, 0.717) is 12.6 Å². The van der Waals surface area contributed by atoms with Gasteiger partial charge in [-0.15, -0.1) is 0 Å². The van der Waals surface area contributed by atoms with Crippen molar-refractivity contribution in [1.29, 1.82) is 0 Å². The van der Waals surface area contributed by atoms with Crippen LogP contribution in [0.2, 0.25) is 0 Å². The molecule has 1 rings (SSSR count). The van der Waals surface area contributed by atoms with E-state index in [0.717, 1.165) is 26.0 Å². The zero-order valence-corrected chi connectivity index (χ0v) is 12.6. The molecule has 1 heterocycles. The molecule has 0 aromatic heterocycles. The zero-order valence-electron chi connectivity index (χ0n) is 12.6. The number of likely N-dealkylation sites (N-methyl/N-ethyl adjacent to an activating group) is 1. The van der Waals surface area contributed by atoms with Gasteiger partial charge < -0.3 is 15.2 Å². The minimum absolute atomic E-state index is 0.0593. The summed E-state index contributed by atoms with van der Waals surface area (Å²) in [7, 11) is 1.76. The molecule has 1 saturated heterocycles. The number of hydrogen-bond donors (Lipinski definition) is 1. The minimum Gasteiger partial charge on any atom is -0.383 e. The third-order valence-corrected chi connectivity index (χ3v) is 4.07. The lowest BCUT2D eigenvalue weighted by Gasteiger charge is -2.51. The fourth-order valence-electron chi connectivity index (χ4n) is 3.61. The van der Waals surface area contributed by atoms with Crippen molar-refractivity contribution >= 4 is 0 Å². The number of rotatable bonds is 6. The Morgan fingerprint density at radius 3 is 2.33 bits per heavy atom. The van der Waals surface area contributed by atoms with Gasteiger partial charge >= 0.3 is 0 Å². The average molecular weight is 258 g/mol. The summed E-state index contributed by atoms with van der Waals surface area (Å²) >= 11 is 0. The maximum atomic E-state index is 6.14. The van der Waals surface area contributed by atoms with Crippen molar-refractivity contribution in [3.63, 3.8) is 0 Å². The molecule has 108 valence electrons. The number of nitrogens with two attached hydrogens (primary N) is 1. The topological polar surface area (TPSA) is 47.7 Å². The van der Waals surface area contributed by atoms with Crippen molar-refractivity contribution in [1.82, 2.24) is 4.90 Å². The van der Waals surface area contributed by atoms with Crippen LogP contribution in [0, 0.1) is 0 Å². The molecular weight excluding hydrogens is 228 g/mol. The number of ether oxygens (including phenoxy) is 2. The van der Waals surface area contributed by atoms with Gasteiger partial charge in [0.2, 0.25) is 0 Å². The molecule has 4 nitrogen and oxygen atoms in total. The van der Waals surface area contributed by atoms with Gasteiger partial charge in [0.25, 0.3) is 0 Å². The monoisotopic (exact) mass is 258 g/mol. The fraction of sp³-hybridized carbons (Fsp3) is 1.00. The summed E-state index contributed by atoms with van der Waals surface area (Å²) in [6, 6.07) is 0.390. The maximum Gasteiger partial charge on any atom is 0.0615 e. The Morgan fingerprint density at radius 1 is 1.39 bits per heavy atom. The molecule has 0 spiro atoms. The minimum atomic E-state index is 0.0593. The molecule has 3 atom stereocenters. The predicted molar refractivity (Wildman–Crippen MR) is 74.7 cm³/mol. The second kappa shape index (κ2) is 6.85. The molecule has 1 fully saturated rings. The van der Waals surface area contributed by atoms with Crippen LogP contribution in [0.15, 0.2) is 0 Å². The van der Waals surface area contributed by atoms with Gasteiger partial charge in [-0.2, -0.15) is 0 Å². The van der Waals surface area contributed by atoms with Gasteiger partial charge in [0.15, 0.2) is 0 Å². The van der Waals surface area contributed by atoms with Crippen molar-refractivity contribution in [2.45, 2.75) is 64.3 Å². The van der Waals surface area contributed by atoms with Crippen LogP contribution in [0.3, 0.4) is 0 Å². The molecule has 1 aliphatic heterocycles. The highest BCUT2D eigenvalue weighted by atomic mass is 16.5. The third kappa shape index (κ3) is 3.44. The molecule has 4 heteroatoms. The van der Waals surface area contributed by atoms with E-state index in [4.69, 9.17) is 15.2 Å². The predicted octanol–water partition coefficient (Wildman–Crippen LogP) is 1.63. The first-order chi connectivity index (χ1) is 8.49. The zero-order chi connectivity index (χ0) is 13.8. The Labute approximate surface area is 112 Å². The Balaban J connectivity index is 2.88. The summed E-state index contributed by atoms with van der Waals surface area (Å²) in [5, 5.41) is 0. The highest BCUT2D eigenvalue weighted by Gasteiger charge is 2.43. The van der Waals surface area contributed by atoms with Gasteiger partial charge in [0.05, 0.1) is 18.8 Å². The lowest BCUT2D eigenvalue weighted by molar-refractivity contribution is -0.115. The number of methoxy groups -OCH3 is 1. The normalized spacial score (nSPS) is 34.8. The van der Waals surface area contributed by atoms with E-state index in [9.17, 15) is 0 Å². The second-order valence-corrected chi connectivity index (χ2v) is 5.68. The first kappa shape index (κ1) is 15.9. The van der Waals surface area contributed by atoms with Gasteiger partial charge in [0.1, 0.15) is 0 Å². The van der Waals surface area contributed by atoms with E-state index in [1.54, 1.807) is 7.11 Å². The van der Waals surface area contributed by atoms with Crippen LogP contribution in [0.1, 0.15) is 40.5 Å². The molecule has 0 saturated carbocycles. The molecule has 1 aliphatic rings. The molecule has 0 aliphatic carbocycles. The Hall–Kier alpha value is -0.160. The van der Waals surface area contributed by atoms with Crippen molar-refractivity contribution < 1.29 is 9.47 Å². The standard InChI is InChI=1S/C14H30N2O2/c1-6-16(11(2)9-17-5)14(10-15)7-12(3)18-13(4)8-14/h11-13H,6-10,15H2,1-5H3. The smallest absolute Gasteiger partial charge is 0.0615 e. The van der Waals surface area contributed by atoms with Crippen LogP contribution >= 0.6 is 0 Å². The van der Waals surface area contributed by atoms with E-state index in [-0.39, 0.29) is 17.7 Å². The Bertz CT molecular complexity index is 238. The van der Waals surface area contributed by atoms with E-state index in [2.05, 4.69) is 32.6 Å². The third-order valence-electron chi connectivity index (χ3n) is 4.07. The van der Waals surface area contributed by atoms with Gasteiger partial charge in [0, 0.05) is 25.2 Å². The summed E-state index contributed by atoms with van der Waals surface area (Å²) < 4.78 is 11.2. The van der Waals surface area contributed by atoms with Crippen LogP contribution in [0.25, 0.3) is 0 Å². The molecule has 0 aromatic rings. The Morgan fingerprint density at radius 2 is 1.94 bits per heavy atom. The van der Waals surface area contributed by atoms with Gasteiger partial charge in [-0.05, 0) is 40.2 Å². The highest BCUT2D eigenvalue weighted by molar-refractivity contribution is 4.99. The van der Waals surface area contributed by atoms with Gasteiger partial charge in [-0.1, -0.05) is 6.92 Å². The second-order valence-electron chi connectivity index (χ2n) is 5.68. The molecule has 3 unspecified atom stereocenters. The first-order valence-electron chi connectivity index (χ1n) is 7.10. The largest absolute Gasteiger partial charge is 0.383 e. The van der Waals surface area contributed by atoms with E-state index >= 15 is 0 Å². The lowest BCUT2D eigenvalue weighted by Crippen LogP contribution is -2.62. The lowest BCUT2D eigenvalue weighted by atomic mass is 9.81. The number of nitrogens with zero attached hydrogens (tertiary/aromatic N) is 1. The SMILES string of the molecule is CCN(C(C)COC)C1(CN)CC(C)OC(C)C1. The van der Waals surface area contributed by atoms with Crippen LogP contribution in [-0.2, 0) is 9.47 Å². The molecule has 0 bridgehead atoms. The van der Waals surface area contributed by atoms with Crippen molar-refractivity contribution in [3.05, 3.63) is 0 Å². The average Bonchev–Trinajstić information content (AvgIpc) is 2.28. The summed E-state index contributed by atoms with van der Waals surface area (Å²) in [4.78, 5) is 2.51. The van der Waals surface area contributed by atoms with Gasteiger partial charge in [-0.3, -0.25) is 4.90 Å². The number of hydrogen-bond acceptors (Lipinski definition) is 4. The van der Waals surface area contributed by atoms with Gasteiger partial charge in [-0.25, -0.2) is 0 Å². The molecule has 18 heavy (non-hydrogen) atoms. The van der Waals surface area contributed by atoms with Crippen LogP contribution in [-0.4, -0.2) is 55.5 Å². The van der Waals surface area contributed by atoms with Crippen molar-refractivity contribution in [3.8, 4) is 0 Å². The quantitative estimate of drug-likeness (QED) is 0.786. The van der Waals surface area contributed by atoms with Crippen molar-refractivity contribution in [2.24, 2.45) is 5.73 Å². The highest BCUT2D eigenvalue weighted by Crippen LogP contribution is 2.34. The summed E-state index contributed by atoms with van der Waals surface area (Å²) in [6.07, 6.45) is 2.58. The molecular formula is C14H30N2O2.